The van der Waals surface area contributed by atoms with E-state index in [1.54, 1.807) is 43.5 Å². The van der Waals surface area contributed by atoms with Crippen LogP contribution in [-0.4, -0.2) is 18.0 Å². The number of amides is 1. The van der Waals surface area contributed by atoms with E-state index in [0.29, 0.717) is 18.1 Å². The summed E-state index contributed by atoms with van der Waals surface area (Å²) in [6.45, 7) is 0.547. The summed E-state index contributed by atoms with van der Waals surface area (Å²) >= 11 is 0. The summed E-state index contributed by atoms with van der Waals surface area (Å²) in [4.78, 5) is 16.5. The molecule has 0 saturated carbocycles. The molecule has 3 rings (SSSR count). The van der Waals surface area contributed by atoms with Gasteiger partial charge in [0.25, 0.3) is 5.91 Å². The van der Waals surface area contributed by atoms with Crippen molar-refractivity contribution in [2.24, 2.45) is 0 Å². The van der Waals surface area contributed by atoms with E-state index in [0.717, 1.165) is 17.7 Å². The summed E-state index contributed by atoms with van der Waals surface area (Å²) in [5.41, 5.74) is 6.79. The quantitative estimate of drug-likeness (QED) is 0.573. The number of aromatic nitrogens is 1. The molecule has 0 spiro atoms. The Kier molecular flexibility index (Phi) is 6.76. The van der Waals surface area contributed by atoms with Gasteiger partial charge in [0.1, 0.15) is 17.3 Å². The standard InChI is InChI=1S/C22H20F3N3O3/c1-30-13-16-6-11-19(20(26)28-16)21(29)27-12-14-2-7-17(8-3-14)31-18-9-4-15(5-10-18)22(23,24)25/h2-11H,12-13H2,1H3,(H2,26,28)(H,27,29). The lowest BCUT2D eigenvalue weighted by molar-refractivity contribution is -0.137. The number of methoxy groups -OCH3 is 1. The van der Waals surface area contributed by atoms with Gasteiger partial charge in [-0.05, 0) is 54.1 Å². The topological polar surface area (TPSA) is 86.5 Å². The fourth-order valence-corrected chi connectivity index (χ4v) is 2.74. The van der Waals surface area contributed by atoms with Gasteiger partial charge in [-0.25, -0.2) is 4.98 Å². The highest BCUT2D eigenvalue weighted by Gasteiger charge is 2.30. The van der Waals surface area contributed by atoms with Gasteiger partial charge in [0.15, 0.2) is 0 Å². The fraction of sp³-hybridized carbons (Fsp3) is 0.182. The fourth-order valence-electron chi connectivity index (χ4n) is 2.74. The number of benzene rings is 2. The number of nitrogens with zero attached hydrogens (tertiary/aromatic N) is 1. The first kappa shape index (κ1) is 22.1. The normalized spacial score (nSPS) is 11.2. The van der Waals surface area contributed by atoms with Crippen molar-refractivity contribution in [3.63, 3.8) is 0 Å². The van der Waals surface area contributed by atoms with Crippen LogP contribution in [0.1, 0.15) is 27.2 Å². The number of carbonyl (C=O) groups is 1. The number of pyridine rings is 1. The second-order valence-corrected chi connectivity index (χ2v) is 6.62. The first-order valence-corrected chi connectivity index (χ1v) is 9.23. The number of alkyl halides is 3. The van der Waals surface area contributed by atoms with Crippen molar-refractivity contribution < 1.29 is 27.4 Å². The van der Waals surface area contributed by atoms with Gasteiger partial charge in [0.2, 0.25) is 0 Å². The number of anilines is 1. The lowest BCUT2D eigenvalue weighted by Gasteiger charge is -2.10. The maximum Gasteiger partial charge on any atom is 0.416 e. The average Bonchev–Trinajstić information content (AvgIpc) is 2.73. The molecule has 0 bridgehead atoms. The summed E-state index contributed by atoms with van der Waals surface area (Å²) in [6.07, 6.45) is -4.39. The lowest BCUT2D eigenvalue weighted by atomic mass is 10.2. The Morgan fingerprint density at radius 3 is 2.16 bits per heavy atom. The van der Waals surface area contributed by atoms with Crippen LogP contribution >= 0.6 is 0 Å². The second-order valence-electron chi connectivity index (χ2n) is 6.62. The van der Waals surface area contributed by atoms with Crippen LogP contribution in [0, 0.1) is 0 Å². The van der Waals surface area contributed by atoms with Crippen molar-refractivity contribution >= 4 is 11.7 Å². The number of nitrogen functional groups attached to an aromatic ring is 1. The Bertz CT molecular complexity index is 1040. The number of halogens is 3. The van der Waals surface area contributed by atoms with Crippen LogP contribution in [0.3, 0.4) is 0 Å². The predicted molar refractivity (Wildman–Crippen MR) is 108 cm³/mol. The zero-order valence-corrected chi connectivity index (χ0v) is 16.6. The summed E-state index contributed by atoms with van der Waals surface area (Å²) in [7, 11) is 1.54. The third-order valence-electron chi connectivity index (χ3n) is 4.31. The largest absolute Gasteiger partial charge is 0.457 e. The van der Waals surface area contributed by atoms with Crippen molar-refractivity contribution in [3.05, 3.63) is 83.0 Å². The van der Waals surface area contributed by atoms with E-state index < -0.39 is 11.7 Å². The van der Waals surface area contributed by atoms with Crippen LogP contribution in [-0.2, 0) is 24.1 Å². The molecule has 1 aromatic heterocycles. The van der Waals surface area contributed by atoms with E-state index in [1.165, 1.54) is 12.1 Å². The first-order valence-electron chi connectivity index (χ1n) is 9.23. The Morgan fingerprint density at radius 1 is 1.00 bits per heavy atom. The molecule has 2 aromatic carbocycles. The highest BCUT2D eigenvalue weighted by atomic mass is 19.4. The molecule has 0 aliphatic rings. The smallest absolute Gasteiger partial charge is 0.416 e. The molecule has 0 aliphatic heterocycles. The van der Waals surface area contributed by atoms with Crippen molar-refractivity contribution in [3.8, 4) is 11.5 Å². The SMILES string of the molecule is COCc1ccc(C(=O)NCc2ccc(Oc3ccc(C(F)(F)F)cc3)cc2)c(N)n1. The minimum Gasteiger partial charge on any atom is -0.457 e. The maximum absolute atomic E-state index is 12.6. The molecule has 1 amide bonds. The molecular formula is C22H20F3N3O3. The molecule has 0 saturated heterocycles. The van der Waals surface area contributed by atoms with E-state index in [4.69, 9.17) is 15.2 Å². The molecule has 0 unspecified atom stereocenters. The molecule has 0 aliphatic carbocycles. The minimum atomic E-state index is -4.39. The van der Waals surface area contributed by atoms with E-state index in [9.17, 15) is 18.0 Å². The molecule has 162 valence electrons. The number of nitrogens with one attached hydrogen (secondary N) is 1. The second kappa shape index (κ2) is 9.48. The van der Waals surface area contributed by atoms with E-state index in [-0.39, 0.29) is 29.6 Å². The molecule has 0 fully saturated rings. The molecule has 31 heavy (non-hydrogen) atoms. The number of ether oxygens (including phenoxy) is 2. The number of nitrogens with two attached hydrogens (primary N) is 1. The van der Waals surface area contributed by atoms with E-state index in [1.807, 2.05) is 0 Å². The summed E-state index contributed by atoms with van der Waals surface area (Å²) < 4.78 is 48.4. The Balaban J connectivity index is 1.56. The van der Waals surface area contributed by atoms with Gasteiger partial charge in [-0.15, -0.1) is 0 Å². The molecule has 6 nitrogen and oxygen atoms in total. The van der Waals surface area contributed by atoms with Gasteiger partial charge >= 0.3 is 6.18 Å². The third-order valence-corrected chi connectivity index (χ3v) is 4.31. The van der Waals surface area contributed by atoms with Gasteiger partial charge in [-0.2, -0.15) is 13.2 Å². The lowest BCUT2D eigenvalue weighted by Crippen LogP contribution is -2.24. The summed E-state index contributed by atoms with van der Waals surface area (Å²) in [5.74, 6) is 0.498. The number of hydrogen-bond acceptors (Lipinski definition) is 5. The minimum absolute atomic E-state index is 0.118. The van der Waals surface area contributed by atoms with Crippen LogP contribution in [0.2, 0.25) is 0 Å². The molecule has 0 atom stereocenters. The van der Waals surface area contributed by atoms with Crippen LogP contribution < -0.4 is 15.8 Å². The molecule has 1 heterocycles. The van der Waals surface area contributed by atoms with Gasteiger partial charge in [-0.1, -0.05) is 12.1 Å². The zero-order valence-electron chi connectivity index (χ0n) is 16.6. The highest BCUT2D eigenvalue weighted by molar-refractivity contribution is 5.98. The van der Waals surface area contributed by atoms with Gasteiger partial charge in [0, 0.05) is 13.7 Å². The molecule has 9 heteroatoms. The number of hydrogen-bond donors (Lipinski definition) is 2. The predicted octanol–water partition coefficient (Wildman–Crippen LogP) is 4.55. The Labute approximate surface area is 176 Å². The zero-order chi connectivity index (χ0) is 22.4. The van der Waals surface area contributed by atoms with Crippen molar-refractivity contribution in [2.45, 2.75) is 19.3 Å². The molecular weight excluding hydrogens is 411 g/mol. The van der Waals surface area contributed by atoms with Crippen LogP contribution in [0.25, 0.3) is 0 Å². The van der Waals surface area contributed by atoms with Crippen molar-refractivity contribution in [1.82, 2.24) is 10.3 Å². The van der Waals surface area contributed by atoms with E-state index in [2.05, 4.69) is 10.3 Å². The molecule has 3 aromatic rings. The van der Waals surface area contributed by atoms with Crippen LogP contribution in [0.15, 0.2) is 60.7 Å². The van der Waals surface area contributed by atoms with Crippen molar-refractivity contribution in [1.29, 1.82) is 0 Å². The first-order chi connectivity index (χ1) is 14.8. The molecule has 0 radical (unpaired) electrons. The van der Waals surface area contributed by atoms with E-state index >= 15 is 0 Å². The number of rotatable bonds is 7. The Hall–Kier alpha value is -3.59. The van der Waals surface area contributed by atoms with Gasteiger partial charge < -0.3 is 20.5 Å². The summed E-state index contributed by atoms with van der Waals surface area (Å²) in [5, 5.41) is 2.76. The van der Waals surface area contributed by atoms with Crippen molar-refractivity contribution in [2.75, 3.05) is 12.8 Å². The van der Waals surface area contributed by atoms with Crippen LogP contribution in [0.4, 0.5) is 19.0 Å². The monoisotopic (exact) mass is 431 g/mol. The van der Waals surface area contributed by atoms with Crippen LogP contribution in [0.5, 0.6) is 11.5 Å². The average molecular weight is 431 g/mol. The highest BCUT2D eigenvalue weighted by Crippen LogP contribution is 2.31. The third kappa shape index (κ3) is 5.95. The summed E-state index contributed by atoms with van der Waals surface area (Å²) in [6, 6.07) is 14.5. The molecule has 3 N–H and O–H groups in total. The number of carbonyl (C=O) groups excluding carboxylic acids is 1. The Morgan fingerprint density at radius 2 is 1.61 bits per heavy atom. The maximum atomic E-state index is 12.6. The van der Waals surface area contributed by atoms with Gasteiger partial charge in [-0.3, -0.25) is 4.79 Å². The van der Waals surface area contributed by atoms with Gasteiger partial charge in [0.05, 0.1) is 23.4 Å².